The van der Waals surface area contributed by atoms with E-state index in [1.807, 2.05) is 97.1 Å². The smallest absolute Gasteiger partial charge is 0.324 e. The quantitative estimate of drug-likeness (QED) is 0.180. The number of fused-ring (bicyclic) bond motifs is 20. The van der Waals surface area contributed by atoms with Crippen LogP contribution in [0.1, 0.15) is 0 Å². The first-order valence-electron chi connectivity index (χ1n) is 13.0. The van der Waals surface area contributed by atoms with Gasteiger partial charge in [-0.2, -0.15) is 0 Å². The molecule has 0 fully saturated rings. The summed E-state index contributed by atoms with van der Waals surface area (Å²) in [7, 11) is 0. The Hall–Kier alpha value is -5.14. The van der Waals surface area contributed by atoms with E-state index in [-0.39, 0.29) is 19.5 Å². The van der Waals surface area contributed by atoms with E-state index >= 15 is 0 Å². The molecule has 0 unspecified atom stereocenters. The van der Waals surface area contributed by atoms with Gasteiger partial charge in [0.05, 0.1) is 0 Å². The van der Waals surface area contributed by atoms with Crippen LogP contribution in [-0.2, 0) is 19.5 Å². The molecule has 0 saturated carbocycles. The summed E-state index contributed by atoms with van der Waals surface area (Å²) in [6.07, 6.45) is 0. The number of aromatic amines is 2. The maximum absolute atomic E-state index is 5.02. The summed E-state index contributed by atoms with van der Waals surface area (Å²) in [4.78, 5) is 36.8. The Kier molecular flexibility index (Phi) is 5.17. The fourth-order valence-corrected chi connectivity index (χ4v) is 5.59. The van der Waals surface area contributed by atoms with Gasteiger partial charge < -0.3 is 9.97 Å². The molecule has 0 aliphatic carbocycles. The summed E-state index contributed by atoms with van der Waals surface area (Å²) in [6, 6.07) is 32.2. The molecule has 41 heavy (non-hydrogen) atoms. The largest absolute Gasteiger partial charge is 2.00 e. The fraction of sp³-hybridized carbons (Fsp3) is 0. The van der Waals surface area contributed by atoms with Crippen LogP contribution in [0.15, 0.2) is 97.1 Å². The van der Waals surface area contributed by atoms with Crippen LogP contribution >= 0.6 is 0 Å². The molecule has 2 aliphatic rings. The van der Waals surface area contributed by atoms with E-state index in [1.54, 1.807) is 0 Å². The molecular formula is C32H18N8Ru+2. The molecule has 5 heterocycles. The molecule has 9 heteroatoms. The number of rotatable bonds is 0. The van der Waals surface area contributed by atoms with E-state index in [4.69, 9.17) is 29.9 Å². The number of aromatic nitrogens is 8. The van der Waals surface area contributed by atoms with Crippen LogP contribution in [0.4, 0.5) is 0 Å². The molecule has 2 aliphatic heterocycles. The first kappa shape index (κ1) is 23.7. The number of benzene rings is 4. The molecule has 0 saturated heterocycles. The van der Waals surface area contributed by atoms with Crippen molar-refractivity contribution in [2.24, 2.45) is 0 Å². The minimum absolute atomic E-state index is 0. The molecule has 0 amide bonds. The third-order valence-electron chi connectivity index (χ3n) is 7.46. The van der Waals surface area contributed by atoms with Crippen molar-refractivity contribution in [2.75, 3.05) is 0 Å². The van der Waals surface area contributed by atoms with Crippen LogP contribution in [0.3, 0.4) is 0 Å². The van der Waals surface area contributed by atoms with Gasteiger partial charge in [0, 0.05) is 43.8 Å². The first-order chi connectivity index (χ1) is 19.8. The molecule has 0 atom stereocenters. The minimum atomic E-state index is 0. The van der Waals surface area contributed by atoms with E-state index in [2.05, 4.69) is 9.97 Å². The van der Waals surface area contributed by atoms with Gasteiger partial charge in [-0.3, -0.25) is 0 Å². The van der Waals surface area contributed by atoms with E-state index in [0.717, 1.165) is 43.8 Å². The summed E-state index contributed by atoms with van der Waals surface area (Å²) in [5.74, 6) is 2.39. The van der Waals surface area contributed by atoms with Crippen LogP contribution in [0.5, 0.6) is 0 Å². The SMILES string of the molecule is [Ru+2].c1ccc2c(c1)-c1nc-2nc2[nH]c(nc3nc(nc4[nH]c(n1)c1ccccc41)-c1ccccc1-3)c1ccccc21. The molecule has 7 aromatic rings. The molecule has 8 bridgehead atoms. The van der Waals surface area contributed by atoms with E-state index in [9.17, 15) is 0 Å². The zero-order valence-electron chi connectivity index (χ0n) is 21.3. The number of nitrogens with zero attached hydrogens (tertiary/aromatic N) is 6. The van der Waals surface area contributed by atoms with E-state index in [1.165, 1.54) is 0 Å². The van der Waals surface area contributed by atoms with Gasteiger partial charge in [0.1, 0.15) is 22.6 Å². The van der Waals surface area contributed by atoms with E-state index in [0.29, 0.717) is 45.9 Å². The minimum Gasteiger partial charge on any atom is -0.324 e. The van der Waals surface area contributed by atoms with Gasteiger partial charge in [0.2, 0.25) is 0 Å². The normalized spacial score (nSPS) is 11.7. The van der Waals surface area contributed by atoms with Gasteiger partial charge in [0.15, 0.2) is 23.3 Å². The topological polar surface area (TPSA) is 109 Å². The van der Waals surface area contributed by atoms with Gasteiger partial charge in [-0.25, -0.2) is 29.9 Å². The average Bonchev–Trinajstić information content (AvgIpc) is 3.73. The van der Waals surface area contributed by atoms with Gasteiger partial charge in [0.25, 0.3) is 0 Å². The molecule has 4 aromatic carbocycles. The van der Waals surface area contributed by atoms with Gasteiger partial charge in [-0.15, -0.1) is 0 Å². The monoisotopic (exact) mass is 616 g/mol. The van der Waals surface area contributed by atoms with Gasteiger partial charge in [-0.05, 0) is 0 Å². The van der Waals surface area contributed by atoms with E-state index < -0.39 is 0 Å². The summed E-state index contributed by atoms with van der Waals surface area (Å²) in [6.45, 7) is 0. The first-order valence-corrected chi connectivity index (χ1v) is 13.0. The predicted molar refractivity (Wildman–Crippen MR) is 156 cm³/mol. The van der Waals surface area contributed by atoms with Crippen LogP contribution in [-0.4, -0.2) is 39.9 Å². The van der Waals surface area contributed by atoms with Crippen LogP contribution < -0.4 is 0 Å². The summed E-state index contributed by atoms with van der Waals surface area (Å²) >= 11 is 0. The standard InChI is InChI=1S/C32H18N8.Ru/c1-2-10-18-17(9-1)25-33-26(18)38-28-21-13-5-6-14-22(21)30(35-28)40-32-24-16-8-7-15-23(24)31(36-32)39-29-20-12-4-3-11-19(20)27(34-29)37-25;/h1-16H,(H2,33,34,35,36,37,38,39,40);/q;+2. The zero-order valence-corrected chi connectivity index (χ0v) is 23.0. The summed E-state index contributed by atoms with van der Waals surface area (Å²) in [5, 5.41) is 3.82. The Morgan fingerprint density at radius 2 is 0.561 bits per heavy atom. The molecule has 0 spiro atoms. The van der Waals surface area contributed by atoms with Crippen molar-refractivity contribution in [1.82, 2.24) is 39.9 Å². The molecule has 2 N–H and O–H groups in total. The van der Waals surface area contributed by atoms with Gasteiger partial charge in [-0.1, -0.05) is 97.1 Å². The maximum Gasteiger partial charge on any atom is 2.00 e. The Balaban J connectivity index is 0.00000256. The van der Waals surface area contributed by atoms with Crippen molar-refractivity contribution < 1.29 is 19.5 Å². The summed E-state index contributed by atoms with van der Waals surface area (Å²) < 4.78 is 0. The Morgan fingerprint density at radius 3 is 0.829 bits per heavy atom. The third-order valence-corrected chi connectivity index (χ3v) is 7.46. The Morgan fingerprint density at radius 1 is 0.317 bits per heavy atom. The second-order valence-electron chi connectivity index (χ2n) is 9.79. The molecule has 9 rings (SSSR count). The molecule has 8 nitrogen and oxygen atoms in total. The Labute approximate surface area is 245 Å². The second-order valence-corrected chi connectivity index (χ2v) is 9.79. The van der Waals surface area contributed by atoms with Crippen molar-refractivity contribution in [2.45, 2.75) is 0 Å². The molecule has 192 valence electrons. The maximum atomic E-state index is 5.02. The van der Waals surface area contributed by atoms with Crippen molar-refractivity contribution in [3.8, 4) is 45.6 Å². The third kappa shape index (κ3) is 3.56. The van der Waals surface area contributed by atoms with Crippen molar-refractivity contribution >= 4 is 44.1 Å². The second kappa shape index (κ2) is 8.94. The summed E-state index contributed by atoms with van der Waals surface area (Å²) in [5.41, 5.74) is 6.45. The average molecular weight is 616 g/mol. The van der Waals surface area contributed by atoms with Crippen molar-refractivity contribution in [3.63, 3.8) is 0 Å². The van der Waals surface area contributed by atoms with Gasteiger partial charge >= 0.3 is 19.5 Å². The number of hydrogen-bond donors (Lipinski definition) is 2. The Bertz CT molecular complexity index is 2030. The number of nitrogens with one attached hydrogen (secondary N) is 2. The van der Waals surface area contributed by atoms with Crippen LogP contribution in [0.2, 0.25) is 0 Å². The molecule has 3 aromatic heterocycles. The fourth-order valence-electron chi connectivity index (χ4n) is 5.59. The van der Waals surface area contributed by atoms with Crippen molar-refractivity contribution in [3.05, 3.63) is 97.1 Å². The predicted octanol–water partition coefficient (Wildman–Crippen LogP) is 6.87. The zero-order chi connectivity index (χ0) is 26.2. The van der Waals surface area contributed by atoms with Crippen molar-refractivity contribution in [1.29, 1.82) is 0 Å². The van der Waals surface area contributed by atoms with Crippen LogP contribution in [0, 0.1) is 0 Å². The van der Waals surface area contributed by atoms with Crippen LogP contribution in [0.25, 0.3) is 89.7 Å². The number of H-pyrrole nitrogens is 2. The molecular weight excluding hydrogens is 597 g/mol. The number of hydrogen-bond acceptors (Lipinski definition) is 6. The molecule has 0 radical (unpaired) electrons.